The monoisotopic (exact) mass is 381 g/mol. The van der Waals surface area contributed by atoms with Crippen LogP contribution in [0.5, 0.6) is 0 Å². The number of aromatic nitrogens is 2. The molecule has 2 saturated heterocycles. The standard InChI is InChI=1S/C16H23N5O4S/c1-11-17-14(16(23)19-13-3-8-26(24,25)10-13)9-15(18-11)21-6-4-20(5-7-21)12(2)22/h9,13H,3-8,10H2,1-2H3,(H,19,23). The quantitative estimate of drug-likeness (QED) is 0.742. The molecule has 2 amide bonds. The number of hydrogen-bond donors (Lipinski definition) is 1. The van der Waals surface area contributed by atoms with Gasteiger partial charge in [0.05, 0.1) is 11.5 Å². The normalized spacial score (nSPS) is 22.3. The number of piperazine rings is 1. The van der Waals surface area contributed by atoms with E-state index in [0.29, 0.717) is 44.2 Å². The van der Waals surface area contributed by atoms with E-state index in [1.807, 2.05) is 4.90 Å². The first kappa shape index (κ1) is 18.6. The van der Waals surface area contributed by atoms with Gasteiger partial charge < -0.3 is 15.1 Å². The van der Waals surface area contributed by atoms with Crippen LogP contribution >= 0.6 is 0 Å². The van der Waals surface area contributed by atoms with E-state index in [-0.39, 0.29) is 35.1 Å². The molecule has 26 heavy (non-hydrogen) atoms. The Balaban J connectivity index is 1.70. The molecule has 0 radical (unpaired) electrons. The van der Waals surface area contributed by atoms with Crippen molar-refractivity contribution in [2.75, 3.05) is 42.6 Å². The van der Waals surface area contributed by atoms with Gasteiger partial charge in [0.25, 0.3) is 5.91 Å². The van der Waals surface area contributed by atoms with Crippen LogP contribution in [-0.4, -0.2) is 78.8 Å². The maximum atomic E-state index is 12.5. The lowest BCUT2D eigenvalue weighted by Gasteiger charge is -2.35. The topological polar surface area (TPSA) is 113 Å². The van der Waals surface area contributed by atoms with Crippen molar-refractivity contribution >= 4 is 27.5 Å². The average molecular weight is 381 g/mol. The second kappa shape index (κ2) is 7.18. The van der Waals surface area contributed by atoms with E-state index in [0.717, 1.165) is 0 Å². The van der Waals surface area contributed by atoms with Gasteiger partial charge in [0.2, 0.25) is 5.91 Å². The van der Waals surface area contributed by atoms with Gasteiger partial charge in [-0.25, -0.2) is 18.4 Å². The van der Waals surface area contributed by atoms with Crippen LogP contribution in [-0.2, 0) is 14.6 Å². The van der Waals surface area contributed by atoms with Crippen LogP contribution < -0.4 is 10.2 Å². The summed E-state index contributed by atoms with van der Waals surface area (Å²) in [6, 6.07) is 1.25. The Bertz CT molecular complexity index is 818. The zero-order valence-corrected chi connectivity index (χ0v) is 15.8. The van der Waals surface area contributed by atoms with Crippen LogP contribution in [0.4, 0.5) is 5.82 Å². The molecule has 1 aromatic heterocycles. The van der Waals surface area contributed by atoms with Gasteiger partial charge in [0, 0.05) is 45.2 Å². The van der Waals surface area contributed by atoms with Crippen molar-refractivity contribution in [3.63, 3.8) is 0 Å². The first-order valence-electron chi connectivity index (χ1n) is 8.61. The molecule has 0 aliphatic carbocycles. The molecule has 3 rings (SSSR count). The fourth-order valence-corrected chi connectivity index (χ4v) is 4.92. The molecular formula is C16H23N5O4S. The van der Waals surface area contributed by atoms with E-state index in [1.54, 1.807) is 24.8 Å². The van der Waals surface area contributed by atoms with Crippen molar-refractivity contribution in [2.45, 2.75) is 26.3 Å². The molecule has 0 saturated carbocycles. The van der Waals surface area contributed by atoms with Crippen LogP contribution in [0.25, 0.3) is 0 Å². The molecule has 142 valence electrons. The third-order valence-electron chi connectivity index (χ3n) is 4.67. The molecule has 0 spiro atoms. The third kappa shape index (κ3) is 4.29. The summed E-state index contributed by atoms with van der Waals surface area (Å²) >= 11 is 0. The summed E-state index contributed by atoms with van der Waals surface area (Å²) in [7, 11) is -3.06. The van der Waals surface area contributed by atoms with Gasteiger partial charge in [-0.05, 0) is 13.3 Å². The lowest BCUT2D eigenvalue weighted by Crippen LogP contribution is -2.48. The predicted molar refractivity (Wildman–Crippen MR) is 95.8 cm³/mol. The molecule has 1 aromatic rings. The zero-order chi connectivity index (χ0) is 18.9. The SMILES string of the molecule is CC(=O)N1CCN(c2cc(C(=O)NC3CCS(=O)(=O)C3)nc(C)n2)CC1. The van der Waals surface area contributed by atoms with Crippen molar-refractivity contribution in [1.29, 1.82) is 0 Å². The largest absolute Gasteiger partial charge is 0.353 e. The molecular weight excluding hydrogens is 358 g/mol. The number of anilines is 1. The zero-order valence-electron chi connectivity index (χ0n) is 14.9. The van der Waals surface area contributed by atoms with Crippen molar-refractivity contribution in [3.8, 4) is 0 Å². The fraction of sp³-hybridized carbons (Fsp3) is 0.625. The molecule has 1 atom stereocenters. The predicted octanol–water partition coefficient (Wildman–Crippen LogP) is -0.630. The van der Waals surface area contributed by atoms with Crippen LogP contribution in [0, 0.1) is 6.92 Å². The van der Waals surface area contributed by atoms with Gasteiger partial charge in [0.15, 0.2) is 9.84 Å². The number of nitrogens with zero attached hydrogens (tertiary/aromatic N) is 4. The lowest BCUT2D eigenvalue weighted by atomic mass is 10.2. The number of nitrogens with one attached hydrogen (secondary N) is 1. The van der Waals surface area contributed by atoms with Crippen LogP contribution in [0.2, 0.25) is 0 Å². The number of hydrogen-bond acceptors (Lipinski definition) is 7. The van der Waals surface area contributed by atoms with Gasteiger partial charge in [-0.3, -0.25) is 9.59 Å². The van der Waals surface area contributed by atoms with Crippen molar-refractivity contribution < 1.29 is 18.0 Å². The first-order chi connectivity index (χ1) is 12.2. The van der Waals surface area contributed by atoms with E-state index < -0.39 is 9.84 Å². The minimum absolute atomic E-state index is 0.0251. The summed E-state index contributed by atoms with van der Waals surface area (Å²) in [6.07, 6.45) is 0.429. The van der Waals surface area contributed by atoms with Gasteiger partial charge >= 0.3 is 0 Å². The molecule has 1 N–H and O–H groups in total. The Morgan fingerprint density at radius 2 is 1.88 bits per heavy atom. The lowest BCUT2D eigenvalue weighted by molar-refractivity contribution is -0.129. The Morgan fingerprint density at radius 1 is 1.19 bits per heavy atom. The summed E-state index contributed by atoms with van der Waals surface area (Å²) in [5, 5.41) is 2.75. The highest BCUT2D eigenvalue weighted by Gasteiger charge is 2.30. The molecule has 2 fully saturated rings. The highest BCUT2D eigenvalue weighted by Crippen LogP contribution is 2.17. The molecule has 2 aliphatic rings. The number of amides is 2. The number of carbonyl (C=O) groups excluding carboxylic acids is 2. The fourth-order valence-electron chi connectivity index (χ4n) is 3.25. The number of sulfone groups is 1. The number of rotatable bonds is 3. The second-order valence-corrected chi connectivity index (χ2v) is 8.95. The van der Waals surface area contributed by atoms with Crippen molar-refractivity contribution in [1.82, 2.24) is 20.2 Å². The Labute approximate surface area is 152 Å². The summed E-state index contributed by atoms with van der Waals surface area (Å²) in [6.45, 7) is 5.76. The minimum Gasteiger partial charge on any atom is -0.353 e. The molecule has 0 bridgehead atoms. The maximum Gasteiger partial charge on any atom is 0.270 e. The minimum atomic E-state index is -3.06. The van der Waals surface area contributed by atoms with Crippen LogP contribution in [0.15, 0.2) is 6.07 Å². The Morgan fingerprint density at radius 3 is 2.46 bits per heavy atom. The van der Waals surface area contributed by atoms with E-state index in [1.165, 1.54) is 0 Å². The molecule has 3 heterocycles. The smallest absolute Gasteiger partial charge is 0.270 e. The van der Waals surface area contributed by atoms with E-state index in [9.17, 15) is 18.0 Å². The molecule has 0 aromatic carbocycles. The van der Waals surface area contributed by atoms with Crippen LogP contribution in [0.1, 0.15) is 29.7 Å². The molecule has 10 heteroatoms. The van der Waals surface area contributed by atoms with E-state index in [2.05, 4.69) is 15.3 Å². The van der Waals surface area contributed by atoms with E-state index in [4.69, 9.17) is 0 Å². The highest BCUT2D eigenvalue weighted by atomic mass is 32.2. The first-order valence-corrected chi connectivity index (χ1v) is 10.4. The summed E-state index contributed by atoms with van der Waals surface area (Å²) in [5.41, 5.74) is 0.228. The molecule has 1 unspecified atom stereocenters. The van der Waals surface area contributed by atoms with Crippen LogP contribution in [0.3, 0.4) is 0 Å². The van der Waals surface area contributed by atoms with E-state index >= 15 is 0 Å². The Hall–Kier alpha value is -2.23. The summed E-state index contributed by atoms with van der Waals surface area (Å²) < 4.78 is 23.1. The van der Waals surface area contributed by atoms with Crippen molar-refractivity contribution in [2.24, 2.45) is 0 Å². The highest BCUT2D eigenvalue weighted by molar-refractivity contribution is 7.91. The molecule has 2 aliphatic heterocycles. The maximum absolute atomic E-state index is 12.5. The number of aryl methyl sites for hydroxylation is 1. The van der Waals surface area contributed by atoms with Gasteiger partial charge in [0.1, 0.15) is 17.3 Å². The molecule has 9 nitrogen and oxygen atoms in total. The van der Waals surface area contributed by atoms with Gasteiger partial charge in [-0.1, -0.05) is 0 Å². The average Bonchev–Trinajstić information content (AvgIpc) is 2.93. The van der Waals surface area contributed by atoms with Gasteiger partial charge in [-0.15, -0.1) is 0 Å². The Kier molecular flexibility index (Phi) is 5.12. The number of carbonyl (C=O) groups is 2. The third-order valence-corrected chi connectivity index (χ3v) is 6.44. The second-order valence-electron chi connectivity index (χ2n) is 6.73. The summed E-state index contributed by atoms with van der Waals surface area (Å²) in [4.78, 5) is 36.3. The van der Waals surface area contributed by atoms with Gasteiger partial charge in [-0.2, -0.15) is 0 Å². The van der Waals surface area contributed by atoms with Crippen molar-refractivity contribution in [3.05, 3.63) is 17.6 Å². The summed E-state index contributed by atoms with van der Waals surface area (Å²) in [5.74, 6) is 0.858.